The van der Waals surface area contributed by atoms with Crippen molar-refractivity contribution in [3.8, 4) is 28.6 Å². The van der Waals surface area contributed by atoms with Gasteiger partial charge in [0.2, 0.25) is 5.82 Å². The summed E-state index contributed by atoms with van der Waals surface area (Å²) in [5, 5.41) is 13.5. The Hall–Kier alpha value is -2.62. The first-order valence-corrected chi connectivity index (χ1v) is 8.83. The third-order valence-corrected chi connectivity index (χ3v) is 4.46. The molecule has 0 radical (unpaired) electrons. The highest BCUT2D eigenvalue weighted by Gasteiger charge is 2.22. The van der Waals surface area contributed by atoms with Crippen LogP contribution in [0.4, 0.5) is 0 Å². The monoisotopic (exact) mass is 350 g/mol. The standard InChI is InChI=1S/C22H26N2O2/c1-21(2,3)16-11-15(12-17(13-16)22(4,5)6)20-23-19(24-26-20)14-7-9-18(25)10-8-14/h7-13,25H,1-6H3. The molecule has 0 amide bonds. The van der Waals surface area contributed by atoms with E-state index in [1.54, 1.807) is 24.3 Å². The van der Waals surface area contributed by atoms with Crippen molar-refractivity contribution >= 4 is 0 Å². The lowest BCUT2D eigenvalue weighted by molar-refractivity contribution is 0.432. The van der Waals surface area contributed by atoms with Gasteiger partial charge in [0, 0.05) is 11.1 Å². The molecule has 0 bridgehead atoms. The Kier molecular flexibility index (Phi) is 4.39. The van der Waals surface area contributed by atoms with Gasteiger partial charge in [-0.15, -0.1) is 0 Å². The second-order valence-electron chi connectivity index (χ2n) is 8.77. The minimum absolute atomic E-state index is 0.0236. The van der Waals surface area contributed by atoms with Crippen molar-refractivity contribution in [3.63, 3.8) is 0 Å². The number of phenols is 1. The Morgan fingerprint density at radius 1 is 0.769 bits per heavy atom. The molecule has 0 saturated carbocycles. The van der Waals surface area contributed by atoms with Gasteiger partial charge in [-0.1, -0.05) is 52.8 Å². The molecule has 0 unspecified atom stereocenters. The normalized spacial score (nSPS) is 12.4. The lowest BCUT2D eigenvalue weighted by Gasteiger charge is -2.25. The average molecular weight is 350 g/mol. The van der Waals surface area contributed by atoms with Crippen LogP contribution in [0, 0.1) is 0 Å². The first-order valence-electron chi connectivity index (χ1n) is 8.83. The summed E-state index contributed by atoms with van der Waals surface area (Å²) in [6, 6.07) is 13.3. The van der Waals surface area contributed by atoms with Gasteiger partial charge >= 0.3 is 0 Å². The third kappa shape index (κ3) is 3.79. The van der Waals surface area contributed by atoms with E-state index in [9.17, 15) is 5.11 Å². The molecule has 1 aromatic heterocycles. The van der Waals surface area contributed by atoms with Crippen molar-refractivity contribution in [2.24, 2.45) is 0 Å². The summed E-state index contributed by atoms with van der Waals surface area (Å²) in [6.45, 7) is 13.2. The first-order chi connectivity index (χ1) is 12.0. The summed E-state index contributed by atoms with van der Waals surface area (Å²) in [6.07, 6.45) is 0. The topological polar surface area (TPSA) is 59.2 Å². The van der Waals surface area contributed by atoms with Gasteiger partial charge in [-0.25, -0.2) is 0 Å². The van der Waals surface area contributed by atoms with E-state index >= 15 is 0 Å². The van der Waals surface area contributed by atoms with Crippen LogP contribution < -0.4 is 0 Å². The van der Waals surface area contributed by atoms with Gasteiger partial charge in [-0.3, -0.25) is 0 Å². The Labute approximate surface area is 154 Å². The van der Waals surface area contributed by atoms with E-state index in [-0.39, 0.29) is 16.6 Å². The van der Waals surface area contributed by atoms with Crippen LogP contribution in [0.5, 0.6) is 5.75 Å². The fourth-order valence-corrected chi connectivity index (χ4v) is 2.69. The second kappa shape index (κ2) is 6.27. The molecule has 26 heavy (non-hydrogen) atoms. The number of benzene rings is 2. The van der Waals surface area contributed by atoms with Crippen LogP contribution in [0.25, 0.3) is 22.8 Å². The van der Waals surface area contributed by atoms with E-state index in [0.717, 1.165) is 11.1 Å². The van der Waals surface area contributed by atoms with Crippen LogP contribution >= 0.6 is 0 Å². The molecule has 0 saturated heterocycles. The van der Waals surface area contributed by atoms with Gasteiger partial charge < -0.3 is 9.63 Å². The predicted molar refractivity (Wildman–Crippen MR) is 104 cm³/mol. The number of hydrogen-bond acceptors (Lipinski definition) is 4. The van der Waals surface area contributed by atoms with Crippen LogP contribution in [0.2, 0.25) is 0 Å². The SMILES string of the molecule is CC(C)(C)c1cc(-c2nc(-c3ccc(O)cc3)no2)cc(C(C)(C)C)c1. The number of rotatable bonds is 2. The molecule has 0 aliphatic heterocycles. The highest BCUT2D eigenvalue weighted by atomic mass is 16.5. The van der Waals surface area contributed by atoms with Crippen LogP contribution in [-0.2, 0) is 10.8 Å². The van der Waals surface area contributed by atoms with Crippen molar-refractivity contribution in [2.45, 2.75) is 52.4 Å². The molecule has 1 heterocycles. The van der Waals surface area contributed by atoms with Crippen molar-refractivity contribution in [1.82, 2.24) is 10.1 Å². The van der Waals surface area contributed by atoms with E-state index < -0.39 is 0 Å². The van der Waals surface area contributed by atoms with Crippen LogP contribution in [-0.4, -0.2) is 15.2 Å². The summed E-state index contributed by atoms with van der Waals surface area (Å²) in [7, 11) is 0. The summed E-state index contributed by atoms with van der Waals surface area (Å²) in [5.41, 5.74) is 4.26. The molecular weight excluding hydrogens is 324 g/mol. The first kappa shape index (κ1) is 18.2. The highest BCUT2D eigenvalue weighted by Crippen LogP contribution is 2.34. The van der Waals surface area contributed by atoms with Crippen molar-refractivity contribution in [1.29, 1.82) is 0 Å². The molecule has 3 aromatic rings. The van der Waals surface area contributed by atoms with Gasteiger partial charge in [-0.05, 0) is 58.4 Å². The van der Waals surface area contributed by atoms with E-state index in [1.807, 2.05) is 0 Å². The number of phenolic OH excluding ortho intramolecular Hbond substituents is 1. The number of aromatic hydroxyl groups is 1. The Bertz CT molecular complexity index is 878. The maximum Gasteiger partial charge on any atom is 0.258 e. The lowest BCUT2D eigenvalue weighted by atomic mass is 9.79. The molecule has 4 heteroatoms. The highest BCUT2D eigenvalue weighted by molar-refractivity contribution is 5.62. The Balaban J connectivity index is 2.07. The zero-order chi connectivity index (χ0) is 19.1. The van der Waals surface area contributed by atoms with Crippen molar-refractivity contribution in [3.05, 3.63) is 53.6 Å². The molecule has 0 fully saturated rings. The third-order valence-electron chi connectivity index (χ3n) is 4.46. The molecule has 2 aromatic carbocycles. The summed E-state index contributed by atoms with van der Waals surface area (Å²) in [4.78, 5) is 4.57. The molecule has 0 atom stereocenters. The number of hydrogen-bond donors (Lipinski definition) is 1. The van der Waals surface area contributed by atoms with Gasteiger partial charge in [0.15, 0.2) is 0 Å². The average Bonchev–Trinajstić information content (AvgIpc) is 3.03. The Morgan fingerprint density at radius 2 is 1.31 bits per heavy atom. The minimum Gasteiger partial charge on any atom is -0.508 e. The zero-order valence-corrected chi connectivity index (χ0v) is 16.3. The smallest absolute Gasteiger partial charge is 0.258 e. The molecule has 3 rings (SSSR count). The van der Waals surface area contributed by atoms with Gasteiger partial charge in [0.1, 0.15) is 5.75 Å². The molecule has 1 N–H and O–H groups in total. The quantitative estimate of drug-likeness (QED) is 0.643. The second-order valence-corrected chi connectivity index (χ2v) is 8.77. The van der Waals surface area contributed by atoms with Crippen LogP contribution in [0.3, 0.4) is 0 Å². The molecule has 0 aliphatic rings. The largest absolute Gasteiger partial charge is 0.508 e. The molecule has 4 nitrogen and oxygen atoms in total. The summed E-state index contributed by atoms with van der Waals surface area (Å²) in [5.74, 6) is 1.23. The maximum atomic E-state index is 9.44. The van der Waals surface area contributed by atoms with Crippen LogP contribution in [0.15, 0.2) is 47.0 Å². The van der Waals surface area contributed by atoms with E-state index in [1.165, 1.54) is 11.1 Å². The van der Waals surface area contributed by atoms with Crippen molar-refractivity contribution < 1.29 is 9.63 Å². The molecule has 0 spiro atoms. The van der Waals surface area contributed by atoms with E-state index in [0.29, 0.717) is 11.7 Å². The lowest BCUT2D eigenvalue weighted by Crippen LogP contribution is -2.16. The molecular formula is C22H26N2O2. The fraction of sp³-hybridized carbons (Fsp3) is 0.364. The number of aromatic nitrogens is 2. The van der Waals surface area contributed by atoms with Crippen molar-refractivity contribution in [2.75, 3.05) is 0 Å². The number of nitrogens with zero attached hydrogens (tertiary/aromatic N) is 2. The van der Waals surface area contributed by atoms with Gasteiger partial charge in [0.25, 0.3) is 5.89 Å². The van der Waals surface area contributed by atoms with E-state index in [2.05, 4.69) is 69.9 Å². The summed E-state index contributed by atoms with van der Waals surface area (Å²) >= 11 is 0. The van der Waals surface area contributed by atoms with Gasteiger partial charge in [0.05, 0.1) is 0 Å². The minimum atomic E-state index is 0.0236. The fourth-order valence-electron chi connectivity index (χ4n) is 2.69. The Morgan fingerprint density at radius 3 is 1.81 bits per heavy atom. The zero-order valence-electron chi connectivity index (χ0n) is 16.3. The van der Waals surface area contributed by atoms with Gasteiger partial charge in [-0.2, -0.15) is 4.98 Å². The maximum absolute atomic E-state index is 9.44. The molecule has 136 valence electrons. The predicted octanol–water partition coefficient (Wildman–Crippen LogP) is 5.70. The summed E-state index contributed by atoms with van der Waals surface area (Å²) < 4.78 is 5.55. The van der Waals surface area contributed by atoms with E-state index in [4.69, 9.17) is 4.52 Å². The molecule has 0 aliphatic carbocycles. The van der Waals surface area contributed by atoms with Crippen LogP contribution in [0.1, 0.15) is 52.7 Å².